The first kappa shape index (κ1) is 15.9. The molecule has 2 aromatic heterocycles. The number of benzene rings is 1. The van der Waals surface area contributed by atoms with Crippen molar-refractivity contribution >= 4 is 32.4 Å². The Morgan fingerprint density at radius 2 is 2.12 bits per heavy atom. The van der Waals surface area contributed by atoms with E-state index >= 15 is 0 Å². The smallest absolute Gasteiger partial charge is 0.268 e. The summed E-state index contributed by atoms with van der Waals surface area (Å²) in [7, 11) is 5.38. The molecule has 1 fully saturated rings. The van der Waals surface area contributed by atoms with E-state index in [0.29, 0.717) is 6.04 Å². The van der Waals surface area contributed by atoms with Crippen LogP contribution in [0, 0.1) is 0 Å². The fourth-order valence-electron chi connectivity index (χ4n) is 2.87. The minimum absolute atomic E-state index is 0.0885. The van der Waals surface area contributed by atoms with E-state index in [1.54, 1.807) is 37.8 Å². The van der Waals surface area contributed by atoms with Gasteiger partial charge in [0.05, 0.1) is 35.3 Å². The van der Waals surface area contributed by atoms with Crippen LogP contribution in [0.1, 0.15) is 0 Å². The van der Waals surface area contributed by atoms with Gasteiger partial charge in [-0.15, -0.1) is 0 Å². The van der Waals surface area contributed by atoms with Crippen LogP contribution in [0.25, 0.3) is 10.2 Å². The first-order valence-corrected chi connectivity index (χ1v) is 8.82. The van der Waals surface area contributed by atoms with Crippen molar-refractivity contribution in [2.45, 2.75) is 6.04 Å². The fourth-order valence-corrected chi connectivity index (χ4v) is 3.85. The molecule has 1 aromatic carbocycles. The SMILES string of the molecule is COc1ccc2sc(N(C)C3CN(c4cnn(C)c(=O)c4)C3)nc2c1. The lowest BCUT2D eigenvalue weighted by Gasteiger charge is -2.45. The highest BCUT2D eigenvalue weighted by atomic mass is 32.1. The highest BCUT2D eigenvalue weighted by Gasteiger charge is 2.32. The van der Waals surface area contributed by atoms with E-state index < -0.39 is 0 Å². The van der Waals surface area contributed by atoms with Crippen LogP contribution in [-0.2, 0) is 7.05 Å². The second kappa shape index (κ2) is 6.03. The van der Waals surface area contributed by atoms with Crippen molar-refractivity contribution < 1.29 is 4.74 Å². The Hall–Kier alpha value is -2.61. The van der Waals surface area contributed by atoms with Crippen LogP contribution in [-0.4, -0.2) is 48.1 Å². The normalized spacial score (nSPS) is 14.6. The number of rotatable bonds is 4. The van der Waals surface area contributed by atoms with Crippen molar-refractivity contribution in [1.29, 1.82) is 0 Å². The zero-order chi connectivity index (χ0) is 17.6. The van der Waals surface area contributed by atoms with Gasteiger partial charge >= 0.3 is 0 Å². The maximum Gasteiger partial charge on any atom is 0.268 e. The van der Waals surface area contributed by atoms with Gasteiger partial charge in [-0.1, -0.05) is 11.3 Å². The first-order chi connectivity index (χ1) is 12.0. The van der Waals surface area contributed by atoms with Crippen molar-refractivity contribution in [3.05, 3.63) is 40.8 Å². The van der Waals surface area contributed by atoms with Gasteiger partial charge in [0.25, 0.3) is 5.56 Å². The number of nitrogens with zero attached hydrogens (tertiary/aromatic N) is 5. The zero-order valence-corrected chi connectivity index (χ0v) is 15.2. The lowest BCUT2D eigenvalue weighted by molar-refractivity contribution is 0.415. The van der Waals surface area contributed by atoms with Gasteiger partial charge in [-0.25, -0.2) is 9.67 Å². The number of aryl methyl sites for hydroxylation is 1. The Bertz CT molecular complexity index is 977. The maximum atomic E-state index is 11.7. The molecule has 1 saturated heterocycles. The van der Waals surface area contributed by atoms with Gasteiger partial charge < -0.3 is 14.5 Å². The molecule has 130 valence electrons. The Kier molecular flexibility index (Phi) is 3.84. The number of hydrogen-bond acceptors (Lipinski definition) is 7. The lowest BCUT2D eigenvalue weighted by atomic mass is 10.1. The van der Waals surface area contributed by atoms with Crippen LogP contribution in [0.4, 0.5) is 10.8 Å². The monoisotopic (exact) mass is 357 g/mol. The minimum atomic E-state index is -0.0885. The molecular weight excluding hydrogens is 338 g/mol. The first-order valence-electron chi connectivity index (χ1n) is 8.01. The molecule has 25 heavy (non-hydrogen) atoms. The standard InChI is InChI=1S/C17H19N5O2S/c1-20(17-19-14-7-13(24-3)4-5-15(14)25-17)12-9-22(10-12)11-6-16(23)21(2)18-8-11/h4-8,12H,9-10H2,1-3H3. The van der Waals surface area contributed by atoms with E-state index in [4.69, 9.17) is 9.72 Å². The number of methoxy groups -OCH3 is 1. The number of anilines is 2. The molecule has 4 rings (SSSR count). The summed E-state index contributed by atoms with van der Waals surface area (Å²) < 4.78 is 7.75. The van der Waals surface area contributed by atoms with Crippen molar-refractivity contribution in [1.82, 2.24) is 14.8 Å². The summed E-state index contributed by atoms with van der Waals surface area (Å²) in [6.07, 6.45) is 1.74. The molecule has 7 nitrogen and oxygen atoms in total. The van der Waals surface area contributed by atoms with E-state index in [0.717, 1.165) is 39.9 Å². The third-order valence-electron chi connectivity index (χ3n) is 4.61. The van der Waals surface area contributed by atoms with Gasteiger partial charge in [0.15, 0.2) is 5.13 Å². The van der Waals surface area contributed by atoms with Crippen LogP contribution in [0.2, 0.25) is 0 Å². The molecule has 0 atom stereocenters. The molecule has 0 radical (unpaired) electrons. The van der Waals surface area contributed by atoms with E-state index in [1.807, 2.05) is 18.2 Å². The van der Waals surface area contributed by atoms with E-state index in [2.05, 4.69) is 21.9 Å². The third kappa shape index (κ3) is 2.82. The predicted molar refractivity (Wildman–Crippen MR) is 100 cm³/mol. The average Bonchev–Trinajstić information content (AvgIpc) is 2.99. The summed E-state index contributed by atoms with van der Waals surface area (Å²) >= 11 is 1.68. The zero-order valence-electron chi connectivity index (χ0n) is 14.3. The fraction of sp³-hybridized carbons (Fsp3) is 0.353. The summed E-state index contributed by atoms with van der Waals surface area (Å²) in [6.45, 7) is 1.70. The van der Waals surface area contributed by atoms with Crippen LogP contribution in [0.5, 0.6) is 5.75 Å². The minimum Gasteiger partial charge on any atom is -0.497 e. The van der Waals surface area contributed by atoms with Gasteiger partial charge in [-0.3, -0.25) is 4.79 Å². The molecule has 0 unspecified atom stereocenters. The maximum absolute atomic E-state index is 11.7. The van der Waals surface area contributed by atoms with Gasteiger partial charge in [-0.05, 0) is 12.1 Å². The lowest BCUT2D eigenvalue weighted by Crippen LogP contribution is -2.59. The number of ether oxygens (including phenoxy) is 1. The Morgan fingerprint density at radius 3 is 2.84 bits per heavy atom. The van der Waals surface area contributed by atoms with E-state index in [9.17, 15) is 4.79 Å². The van der Waals surface area contributed by atoms with Crippen molar-refractivity contribution in [3.8, 4) is 5.75 Å². The van der Waals surface area contributed by atoms with Gasteiger partial charge in [0.1, 0.15) is 5.75 Å². The van der Waals surface area contributed by atoms with Crippen LogP contribution >= 0.6 is 11.3 Å². The Balaban J connectivity index is 1.48. The predicted octanol–water partition coefficient (Wildman–Crippen LogP) is 1.72. The molecule has 3 aromatic rings. The molecule has 3 heterocycles. The Labute approximate surface area is 149 Å². The summed E-state index contributed by atoms with van der Waals surface area (Å²) in [6, 6.07) is 7.96. The summed E-state index contributed by atoms with van der Waals surface area (Å²) in [5.74, 6) is 0.819. The van der Waals surface area contributed by atoms with Crippen molar-refractivity contribution in [3.63, 3.8) is 0 Å². The van der Waals surface area contributed by atoms with Crippen molar-refractivity contribution in [2.75, 3.05) is 37.0 Å². The van der Waals surface area contributed by atoms with E-state index in [-0.39, 0.29) is 5.56 Å². The molecule has 0 amide bonds. The summed E-state index contributed by atoms with van der Waals surface area (Å²) in [5, 5.41) is 5.08. The highest BCUT2D eigenvalue weighted by molar-refractivity contribution is 7.22. The number of thiazole rings is 1. The topological polar surface area (TPSA) is 63.5 Å². The number of aromatic nitrogens is 3. The molecule has 0 N–H and O–H groups in total. The van der Waals surface area contributed by atoms with Crippen LogP contribution in [0.3, 0.4) is 0 Å². The second-order valence-corrected chi connectivity index (χ2v) is 7.18. The second-order valence-electron chi connectivity index (χ2n) is 6.18. The van der Waals surface area contributed by atoms with Crippen LogP contribution < -0.4 is 20.1 Å². The van der Waals surface area contributed by atoms with E-state index in [1.165, 1.54) is 4.68 Å². The summed E-state index contributed by atoms with van der Waals surface area (Å²) in [5.41, 5.74) is 1.74. The van der Waals surface area contributed by atoms with Crippen molar-refractivity contribution in [2.24, 2.45) is 7.05 Å². The summed E-state index contributed by atoms with van der Waals surface area (Å²) in [4.78, 5) is 20.8. The molecule has 8 heteroatoms. The molecule has 0 bridgehead atoms. The Morgan fingerprint density at radius 1 is 1.32 bits per heavy atom. The van der Waals surface area contributed by atoms with Gasteiger partial charge in [-0.2, -0.15) is 5.10 Å². The molecule has 1 aliphatic heterocycles. The van der Waals surface area contributed by atoms with Gasteiger partial charge in [0.2, 0.25) is 0 Å². The quantitative estimate of drug-likeness (QED) is 0.709. The highest BCUT2D eigenvalue weighted by Crippen LogP contribution is 2.33. The third-order valence-corrected chi connectivity index (χ3v) is 5.74. The molecule has 0 aliphatic carbocycles. The van der Waals surface area contributed by atoms with Crippen LogP contribution in [0.15, 0.2) is 35.3 Å². The number of likely N-dealkylation sites (N-methyl/N-ethyl adjacent to an activating group) is 1. The average molecular weight is 357 g/mol. The molecular formula is C17H19N5O2S. The molecule has 0 saturated carbocycles. The molecule has 1 aliphatic rings. The largest absolute Gasteiger partial charge is 0.497 e. The number of hydrogen-bond donors (Lipinski definition) is 0. The number of fused-ring (bicyclic) bond motifs is 1. The molecule has 0 spiro atoms. The van der Waals surface area contributed by atoms with Gasteiger partial charge in [0, 0.05) is 39.3 Å².